The van der Waals surface area contributed by atoms with Crippen molar-refractivity contribution in [3.63, 3.8) is 0 Å². The molecule has 2 aromatic carbocycles. The first-order valence-electron chi connectivity index (χ1n) is 9.62. The zero-order valence-corrected chi connectivity index (χ0v) is 16.9. The maximum Gasteiger partial charge on any atom is 0.171 e. The second-order valence-corrected chi connectivity index (χ2v) is 7.58. The number of anilines is 1. The number of hydrogen-bond acceptors (Lipinski definition) is 3. The fraction of sp³-hybridized carbons (Fsp3) is 0.409. The molecule has 1 unspecified atom stereocenters. The molecule has 0 bridgehead atoms. The van der Waals surface area contributed by atoms with Crippen molar-refractivity contribution in [2.24, 2.45) is 0 Å². The molecule has 1 atom stereocenters. The van der Waals surface area contributed by atoms with Crippen LogP contribution in [0, 0.1) is 6.92 Å². The summed E-state index contributed by atoms with van der Waals surface area (Å²) >= 11 is 5.40. The summed E-state index contributed by atoms with van der Waals surface area (Å²) in [6.45, 7) is 4.64. The number of nitrogens with one attached hydrogen (secondary N) is 2. The normalized spacial score (nSPS) is 15.2. The lowest BCUT2D eigenvalue weighted by atomic mass is 10.2. The molecule has 27 heavy (non-hydrogen) atoms. The number of rotatable bonds is 7. The van der Waals surface area contributed by atoms with Crippen LogP contribution in [0.5, 0.6) is 11.5 Å². The zero-order valence-electron chi connectivity index (χ0n) is 16.0. The van der Waals surface area contributed by atoms with Gasteiger partial charge in [0, 0.05) is 5.69 Å². The Labute approximate surface area is 167 Å². The summed E-state index contributed by atoms with van der Waals surface area (Å²) in [5.74, 6) is 1.79. The molecule has 0 radical (unpaired) electrons. The summed E-state index contributed by atoms with van der Waals surface area (Å²) in [6, 6.07) is 16.1. The number of hydrogen-bond donors (Lipinski definition) is 2. The molecule has 0 aliphatic heterocycles. The zero-order chi connectivity index (χ0) is 19.1. The standard InChI is InChI=1S/C22H28N2O2S/c1-16-7-11-19(12-8-16)25-15-17(2)23-22(27)24-18-9-13-21(14-10-18)26-20-5-3-4-6-20/h7-14,17,20H,3-6,15H2,1-2H3,(H2,23,24,27). The highest BCUT2D eigenvalue weighted by Crippen LogP contribution is 2.25. The topological polar surface area (TPSA) is 42.5 Å². The van der Waals surface area contributed by atoms with Gasteiger partial charge in [-0.15, -0.1) is 0 Å². The van der Waals surface area contributed by atoms with E-state index < -0.39 is 0 Å². The van der Waals surface area contributed by atoms with Gasteiger partial charge in [-0.05, 0) is 88.1 Å². The summed E-state index contributed by atoms with van der Waals surface area (Å²) in [6.07, 6.45) is 5.25. The molecule has 1 aliphatic carbocycles. The Morgan fingerprint density at radius 1 is 1.04 bits per heavy atom. The lowest BCUT2D eigenvalue weighted by molar-refractivity contribution is 0.210. The third-order valence-electron chi connectivity index (χ3n) is 4.62. The van der Waals surface area contributed by atoms with Gasteiger partial charge in [0.2, 0.25) is 0 Å². The summed E-state index contributed by atoms with van der Waals surface area (Å²) < 4.78 is 11.8. The highest BCUT2D eigenvalue weighted by Gasteiger charge is 2.16. The molecule has 4 nitrogen and oxygen atoms in total. The highest BCUT2D eigenvalue weighted by molar-refractivity contribution is 7.80. The van der Waals surface area contributed by atoms with Crippen LogP contribution in [0.2, 0.25) is 0 Å². The van der Waals surface area contributed by atoms with E-state index in [9.17, 15) is 0 Å². The first-order valence-corrected chi connectivity index (χ1v) is 10.0. The Morgan fingerprint density at radius 2 is 1.67 bits per heavy atom. The van der Waals surface area contributed by atoms with Gasteiger partial charge in [-0.25, -0.2) is 0 Å². The van der Waals surface area contributed by atoms with Crippen LogP contribution in [0.25, 0.3) is 0 Å². The van der Waals surface area contributed by atoms with Crippen LogP contribution in [0.15, 0.2) is 48.5 Å². The molecule has 1 fully saturated rings. The molecule has 1 saturated carbocycles. The van der Waals surface area contributed by atoms with Crippen LogP contribution in [0.3, 0.4) is 0 Å². The summed E-state index contributed by atoms with van der Waals surface area (Å²) in [5.41, 5.74) is 2.16. The average molecular weight is 385 g/mol. The lowest BCUT2D eigenvalue weighted by Gasteiger charge is -2.18. The summed E-state index contributed by atoms with van der Waals surface area (Å²) in [5, 5.41) is 7.04. The molecular weight excluding hydrogens is 356 g/mol. The van der Waals surface area contributed by atoms with Crippen molar-refractivity contribution in [1.82, 2.24) is 5.32 Å². The van der Waals surface area contributed by atoms with E-state index in [1.54, 1.807) is 0 Å². The quantitative estimate of drug-likeness (QED) is 0.653. The Morgan fingerprint density at radius 3 is 2.33 bits per heavy atom. The molecule has 144 valence electrons. The van der Waals surface area contributed by atoms with Gasteiger partial charge in [0.1, 0.15) is 18.1 Å². The van der Waals surface area contributed by atoms with Crippen molar-refractivity contribution in [3.8, 4) is 11.5 Å². The molecule has 0 aromatic heterocycles. The fourth-order valence-electron chi connectivity index (χ4n) is 3.10. The maximum absolute atomic E-state index is 5.99. The van der Waals surface area contributed by atoms with Gasteiger partial charge >= 0.3 is 0 Å². The molecule has 2 aromatic rings. The van der Waals surface area contributed by atoms with Crippen molar-refractivity contribution in [2.45, 2.75) is 51.7 Å². The van der Waals surface area contributed by atoms with Gasteiger partial charge < -0.3 is 20.1 Å². The Kier molecular flexibility index (Phi) is 6.93. The molecule has 0 heterocycles. The van der Waals surface area contributed by atoms with Crippen molar-refractivity contribution in [3.05, 3.63) is 54.1 Å². The summed E-state index contributed by atoms with van der Waals surface area (Å²) in [7, 11) is 0. The number of thiocarbonyl (C=S) groups is 1. The monoisotopic (exact) mass is 384 g/mol. The smallest absolute Gasteiger partial charge is 0.171 e. The van der Waals surface area contributed by atoms with E-state index in [-0.39, 0.29) is 6.04 Å². The van der Waals surface area contributed by atoms with Crippen molar-refractivity contribution < 1.29 is 9.47 Å². The van der Waals surface area contributed by atoms with E-state index >= 15 is 0 Å². The second kappa shape index (κ2) is 9.60. The van der Waals surface area contributed by atoms with E-state index in [2.05, 4.69) is 17.6 Å². The lowest BCUT2D eigenvalue weighted by Crippen LogP contribution is -2.39. The van der Waals surface area contributed by atoms with E-state index in [0.717, 1.165) is 30.0 Å². The van der Waals surface area contributed by atoms with E-state index in [4.69, 9.17) is 21.7 Å². The molecule has 3 rings (SSSR count). The van der Waals surface area contributed by atoms with Gasteiger partial charge in [0.05, 0.1) is 12.1 Å². The molecule has 0 spiro atoms. The fourth-order valence-corrected chi connectivity index (χ4v) is 3.42. The minimum atomic E-state index is 0.0938. The molecular formula is C22H28N2O2S. The molecule has 1 aliphatic rings. The minimum absolute atomic E-state index is 0.0938. The van der Waals surface area contributed by atoms with E-state index in [1.807, 2.05) is 55.5 Å². The van der Waals surface area contributed by atoms with Crippen LogP contribution in [-0.2, 0) is 0 Å². The van der Waals surface area contributed by atoms with E-state index in [1.165, 1.54) is 18.4 Å². The SMILES string of the molecule is Cc1ccc(OCC(C)NC(=S)Nc2ccc(OC3CCCC3)cc2)cc1. The highest BCUT2D eigenvalue weighted by atomic mass is 32.1. The number of benzene rings is 2. The van der Waals surface area contributed by atoms with Gasteiger partial charge in [-0.1, -0.05) is 17.7 Å². The third kappa shape index (κ3) is 6.43. The molecule has 2 N–H and O–H groups in total. The maximum atomic E-state index is 5.99. The van der Waals surface area contributed by atoms with Crippen LogP contribution < -0.4 is 20.1 Å². The van der Waals surface area contributed by atoms with Crippen molar-refractivity contribution in [2.75, 3.05) is 11.9 Å². The first kappa shape index (κ1) is 19.5. The summed E-state index contributed by atoms with van der Waals surface area (Å²) in [4.78, 5) is 0. The van der Waals surface area contributed by atoms with Gasteiger partial charge in [0.15, 0.2) is 5.11 Å². The van der Waals surface area contributed by atoms with Crippen LogP contribution in [0.4, 0.5) is 5.69 Å². The predicted molar refractivity (Wildman–Crippen MR) is 115 cm³/mol. The largest absolute Gasteiger partial charge is 0.491 e. The van der Waals surface area contributed by atoms with Crippen LogP contribution >= 0.6 is 12.2 Å². The van der Waals surface area contributed by atoms with Crippen LogP contribution in [-0.4, -0.2) is 23.9 Å². The first-order chi connectivity index (χ1) is 13.1. The Balaban J connectivity index is 1.40. The molecule has 5 heteroatoms. The van der Waals surface area contributed by atoms with Gasteiger partial charge in [-0.2, -0.15) is 0 Å². The van der Waals surface area contributed by atoms with Crippen molar-refractivity contribution >= 4 is 23.0 Å². The van der Waals surface area contributed by atoms with E-state index in [0.29, 0.717) is 17.8 Å². The number of ether oxygens (including phenoxy) is 2. The van der Waals surface area contributed by atoms with Crippen molar-refractivity contribution in [1.29, 1.82) is 0 Å². The van der Waals surface area contributed by atoms with Crippen LogP contribution in [0.1, 0.15) is 38.2 Å². The third-order valence-corrected chi connectivity index (χ3v) is 4.84. The predicted octanol–water partition coefficient (Wildman–Crippen LogP) is 5.07. The Bertz CT molecular complexity index is 725. The number of aryl methyl sites for hydroxylation is 1. The minimum Gasteiger partial charge on any atom is -0.491 e. The van der Waals surface area contributed by atoms with Gasteiger partial charge in [-0.3, -0.25) is 0 Å². The Hall–Kier alpha value is -2.27. The molecule has 0 amide bonds. The van der Waals surface area contributed by atoms with Gasteiger partial charge in [0.25, 0.3) is 0 Å². The average Bonchev–Trinajstić information content (AvgIpc) is 3.16. The molecule has 0 saturated heterocycles. The second-order valence-electron chi connectivity index (χ2n) is 7.17.